The van der Waals surface area contributed by atoms with Crippen LogP contribution in [0.3, 0.4) is 0 Å². The largest absolute Gasteiger partial charge is 0.339 e. The number of carbonyl (C=O) groups excluding carboxylic acids is 1. The van der Waals surface area contributed by atoms with Gasteiger partial charge in [0.05, 0.1) is 6.04 Å². The Morgan fingerprint density at radius 3 is 2.29 bits per heavy atom. The lowest BCUT2D eigenvalue weighted by Gasteiger charge is -2.27. The topological polar surface area (TPSA) is 20.3 Å². The fourth-order valence-electron chi connectivity index (χ4n) is 1.57. The van der Waals surface area contributed by atoms with Crippen molar-refractivity contribution in [3.63, 3.8) is 0 Å². The second-order valence-electron chi connectivity index (χ2n) is 4.23. The summed E-state index contributed by atoms with van der Waals surface area (Å²) in [5.41, 5.74) is 1.06. The highest BCUT2D eigenvalue weighted by Crippen LogP contribution is 2.22. The molecule has 1 amide bonds. The van der Waals surface area contributed by atoms with Crippen LogP contribution in [0.2, 0.25) is 5.02 Å². The smallest absolute Gasteiger partial charge is 0.226 e. The van der Waals surface area contributed by atoms with Gasteiger partial charge >= 0.3 is 0 Å². The molecular weight excluding hydrogens is 257 g/mol. The van der Waals surface area contributed by atoms with E-state index in [1.807, 2.05) is 38.1 Å². The summed E-state index contributed by atoms with van der Waals surface area (Å²) in [5, 5.41) is 0.698. The number of halogens is 2. The minimum Gasteiger partial charge on any atom is -0.339 e. The normalized spacial score (nSPS) is 14.2. The van der Waals surface area contributed by atoms with Crippen molar-refractivity contribution in [3.8, 4) is 0 Å². The van der Waals surface area contributed by atoms with E-state index in [9.17, 15) is 4.79 Å². The van der Waals surface area contributed by atoms with Gasteiger partial charge in [-0.1, -0.05) is 30.7 Å². The van der Waals surface area contributed by atoms with Crippen LogP contribution in [-0.2, 0) is 4.79 Å². The van der Waals surface area contributed by atoms with Crippen molar-refractivity contribution in [2.75, 3.05) is 12.9 Å². The highest BCUT2D eigenvalue weighted by atomic mass is 35.5. The van der Waals surface area contributed by atoms with Gasteiger partial charge < -0.3 is 4.90 Å². The third kappa shape index (κ3) is 3.62. The van der Waals surface area contributed by atoms with Crippen molar-refractivity contribution in [1.82, 2.24) is 4.90 Å². The van der Waals surface area contributed by atoms with Crippen LogP contribution in [0.15, 0.2) is 24.3 Å². The molecule has 0 bridgehead atoms. The number of hydrogen-bond acceptors (Lipinski definition) is 1. The van der Waals surface area contributed by atoms with Crippen molar-refractivity contribution in [2.24, 2.45) is 5.92 Å². The first-order chi connectivity index (χ1) is 7.97. The van der Waals surface area contributed by atoms with E-state index in [4.69, 9.17) is 23.2 Å². The number of rotatable bonds is 4. The average molecular weight is 274 g/mol. The zero-order valence-electron chi connectivity index (χ0n) is 10.3. The van der Waals surface area contributed by atoms with Gasteiger partial charge in [-0.05, 0) is 24.6 Å². The third-order valence-electron chi connectivity index (χ3n) is 2.93. The van der Waals surface area contributed by atoms with Crippen LogP contribution in [0.4, 0.5) is 0 Å². The maximum Gasteiger partial charge on any atom is 0.226 e. The molecule has 2 unspecified atom stereocenters. The van der Waals surface area contributed by atoms with Crippen LogP contribution in [0.25, 0.3) is 0 Å². The predicted molar refractivity (Wildman–Crippen MR) is 72.5 cm³/mol. The number of nitrogens with zero attached hydrogens (tertiary/aromatic N) is 1. The maximum atomic E-state index is 12.0. The lowest BCUT2D eigenvalue weighted by Crippen LogP contribution is -2.34. The van der Waals surface area contributed by atoms with E-state index >= 15 is 0 Å². The van der Waals surface area contributed by atoms with E-state index in [1.165, 1.54) is 0 Å². The second kappa shape index (κ2) is 6.27. The van der Waals surface area contributed by atoms with Gasteiger partial charge in [0.1, 0.15) is 0 Å². The van der Waals surface area contributed by atoms with Gasteiger partial charge in [-0.3, -0.25) is 4.79 Å². The highest BCUT2D eigenvalue weighted by molar-refractivity contribution is 6.30. The molecule has 0 aromatic heterocycles. The molecule has 1 aromatic carbocycles. The number of hydrogen-bond donors (Lipinski definition) is 0. The van der Waals surface area contributed by atoms with Crippen molar-refractivity contribution < 1.29 is 4.79 Å². The monoisotopic (exact) mass is 273 g/mol. The molecule has 4 heteroatoms. The average Bonchev–Trinajstić information content (AvgIpc) is 2.36. The van der Waals surface area contributed by atoms with Crippen LogP contribution < -0.4 is 0 Å². The van der Waals surface area contributed by atoms with Crippen LogP contribution >= 0.6 is 23.2 Å². The van der Waals surface area contributed by atoms with Crippen molar-refractivity contribution in [3.05, 3.63) is 34.9 Å². The fourth-order valence-corrected chi connectivity index (χ4v) is 1.83. The van der Waals surface area contributed by atoms with Gasteiger partial charge in [0.15, 0.2) is 0 Å². The first-order valence-corrected chi connectivity index (χ1v) is 6.46. The molecule has 0 heterocycles. The summed E-state index contributed by atoms with van der Waals surface area (Å²) in [5.74, 6) is 0.245. The molecule has 0 aliphatic rings. The molecule has 0 saturated carbocycles. The Hall–Kier alpha value is -0.730. The number of benzene rings is 1. The summed E-state index contributed by atoms with van der Waals surface area (Å²) in [4.78, 5) is 13.7. The molecule has 0 spiro atoms. The van der Waals surface area contributed by atoms with Crippen LogP contribution in [-0.4, -0.2) is 23.7 Å². The molecular formula is C13H17Cl2NO. The quantitative estimate of drug-likeness (QED) is 0.766. The number of amides is 1. The Kier molecular flexibility index (Phi) is 5.29. The van der Waals surface area contributed by atoms with Crippen molar-refractivity contribution >= 4 is 29.1 Å². The Morgan fingerprint density at radius 2 is 1.82 bits per heavy atom. The molecule has 1 aromatic rings. The van der Waals surface area contributed by atoms with Gasteiger partial charge in [-0.15, -0.1) is 11.6 Å². The van der Waals surface area contributed by atoms with Gasteiger partial charge in [0.25, 0.3) is 0 Å². The summed E-state index contributed by atoms with van der Waals surface area (Å²) in [6.07, 6.45) is 0. The first-order valence-electron chi connectivity index (χ1n) is 5.55. The molecule has 0 fully saturated rings. The summed E-state index contributed by atoms with van der Waals surface area (Å²) in [6, 6.07) is 7.54. The lowest BCUT2D eigenvalue weighted by molar-refractivity contribution is -0.134. The minimum atomic E-state index is -0.156. The molecule has 0 aliphatic carbocycles. The second-order valence-corrected chi connectivity index (χ2v) is 4.98. The standard InChI is InChI=1S/C13H17Cl2NO/c1-9(8-14)13(17)16(3)10(2)11-4-6-12(15)7-5-11/h4-7,9-10H,8H2,1-3H3. The van der Waals surface area contributed by atoms with Crippen LogP contribution in [0.1, 0.15) is 25.5 Å². The summed E-state index contributed by atoms with van der Waals surface area (Å²) in [6.45, 7) is 3.82. The molecule has 0 saturated heterocycles. The molecule has 2 nitrogen and oxygen atoms in total. The molecule has 2 atom stereocenters. The highest BCUT2D eigenvalue weighted by Gasteiger charge is 2.21. The Morgan fingerprint density at radius 1 is 1.29 bits per heavy atom. The van der Waals surface area contributed by atoms with Gasteiger partial charge in [0, 0.05) is 23.9 Å². The first kappa shape index (κ1) is 14.3. The molecule has 94 valence electrons. The summed E-state index contributed by atoms with van der Waals surface area (Å²) in [7, 11) is 1.80. The van der Waals surface area contributed by atoms with E-state index in [1.54, 1.807) is 11.9 Å². The SMILES string of the molecule is CC(CCl)C(=O)N(C)C(C)c1ccc(Cl)cc1. The maximum absolute atomic E-state index is 12.0. The van der Waals surface area contributed by atoms with Gasteiger partial charge in [0.2, 0.25) is 5.91 Å². The summed E-state index contributed by atoms with van der Waals surface area (Å²) < 4.78 is 0. The molecule has 0 radical (unpaired) electrons. The van der Waals surface area contributed by atoms with E-state index in [0.29, 0.717) is 10.9 Å². The zero-order chi connectivity index (χ0) is 13.0. The zero-order valence-corrected chi connectivity index (χ0v) is 11.8. The molecule has 0 aliphatic heterocycles. The lowest BCUT2D eigenvalue weighted by atomic mass is 10.1. The molecule has 17 heavy (non-hydrogen) atoms. The van der Waals surface area contributed by atoms with Crippen molar-refractivity contribution in [2.45, 2.75) is 19.9 Å². The minimum absolute atomic E-state index is 0.0189. The Labute approximate surface area is 113 Å². The Balaban J connectivity index is 2.79. The number of alkyl halides is 1. The van der Waals surface area contributed by atoms with E-state index in [-0.39, 0.29) is 17.9 Å². The fraction of sp³-hybridized carbons (Fsp3) is 0.462. The molecule has 1 rings (SSSR count). The van der Waals surface area contributed by atoms with Gasteiger partial charge in [-0.2, -0.15) is 0 Å². The molecule has 0 N–H and O–H groups in total. The van der Waals surface area contributed by atoms with Crippen molar-refractivity contribution in [1.29, 1.82) is 0 Å². The Bertz CT molecular complexity index is 378. The third-order valence-corrected chi connectivity index (χ3v) is 3.65. The predicted octanol–water partition coefficient (Wildman–Crippen LogP) is 3.73. The van der Waals surface area contributed by atoms with Gasteiger partial charge in [-0.25, -0.2) is 0 Å². The van der Waals surface area contributed by atoms with Crippen LogP contribution in [0.5, 0.6) is 0 Å². The summed E-state index contributed by atoms with van der Waals surface area (Å²) >= 11 is 11.5. The van der Waals surface area contributed by atoms with E-state index < -0.39 is 0 Å². The number of carbonyl (C=O) groups is 1. The van der Waals surface area contributed by atoms with E-state index in [2.05, 4.69) is 0 Å². The van der Waals surface area contributed by atoms with Crippen LogP contribution in [0, 0.1) is 5.92 Å². The van der Waals surface area contributed by atoms with E-state index in [0.717, 1.165) is 5.56 Å².